The average molecular weight is 254 g/mol. The quantitative estimate of drug-likeness (QED) is 0.820. The monoisotopic (exact) mass is 254 g/mol. The molecule has 0 spiro atoms. The molecule has 0 bridgehead atoms. The molecule has 1 aromatic rings. The molecule has 96 valence electrons. The number of nitrogens with two attached hydrogens (primary N) is 1. The van der Waals surface area contributed by atoms with Gasteiger partial charge in [-0.15, -0.1) is 0 Å². The Hall–Kier alpha value is -0.680. The van der Waals surface area contributed by atoms with Gasteiger partial charge in [-0.1, -0.05) is 25.7 Å². The second kappa shape index (κ2) is 6.91. The number of hydrogen-bond donors (Lipinski definition) is 1. The Balaban J connectivity index is 2.02. The molecular weight excluding hydrogens is 232 g/mol. The molecule has 1 aliphatic rings. The molecule has 1 saturated carbocycles. The van der Waals surface area contributed by atoms with Gasteiger partial charge in [-0.3, -0.25) is 0 Å². The zero-order chi connectivity index (χ0) is 11.9. The van der Waals surface area contributed by atoms with E-state index in [2.05, 4.69) is 14.3 Å². The van der Waals surface area contributed by atoms with Crippen LogP contribution in [0.4, 0.5) is 5.13 Å². The van der Waals surface area contributed by atoms with Gasteiger partial charge in [0.2, 0.25) is 5.13 Å². The van der Waals surface area contributed by atoms with Crippen LogP contribution in [-0.4, -0.2) is 28.5 Å². The van der Waals surface area contributed by atoms with Crippen molar-refractivity contribution >= 4 is 16.7 Å². The van der Waals surface area contributed by atoms with E-state index in [0.29, 0.717) is 6.04 Å². The Bertz CT molecular complexity index is 293. The van der Waals surface area contributed by atoms with Gasteiger partial charge in [0.1, 0.15) is 6.33 Å². The van der Waals surface area contributed by atoms with Gasteiger partial charge in [-0.05, 0) is 25.8 Å². The lowest BCUT2D eigenvalue weighted by Gasteiger charge is -2.30. The van der Waals surface area contributed by atoms with Crippen LogP contribution < -0.4 is 10.6 Å². The van der Waals surface area contributed by atoms with E-state index in [0.717, 1.165) is 24.6 Å². The van der Waals surface area contributed by atoms with Crippen molar-refractivity contribution in [3.05, 3.63) is 6.33 Å². The number of aromatic nitrogens is 2. The lowest BCUT2D eigenvalue weighted by atomic mass is 10.1. The number of anilines is 1. The van der Waals surface area contributed by atoms with E-state index >= 15 is 0 Å². The van der Waals surface area contributed by atoms with Crippen LogP contribution in [0.1, 0.15) is 44.9 Å². The Kier molecular flexibility index (Phi) is 5.19. The Morgan fingerprint density at radius 1 is 1.29 bits per heavy atom. The molecule has 0 radical (unpaired) electrons. The van der Waals surface area contributed by atoms with Gasteiger partial charge < -0.3 is 10.6 Å². The van der Waals surface area contributed by atoms with Crippen molar-refractivity contribution in [3.8, 4) is 0 Å². The first kappa shape index (κ1) is 12.8. The topological polar surface area (TPSA) is 55.0 Å². The van der Waals surface area contributed by atoms with Crippen LogP contribution in [-0.2, 0) is 0 Å². The molecular formula is C12H22N4S. The first-order valence-corrected chi connectivity index (χ1v) is 7.42. The largest absolute Gasteiger partial charge is 0.344 e. The SMILES string of the molecule is NCCCN(c1ncns1)C1CCCCCC1. The predicted octanol–water partition coefficient (Wildman–Crippen LogP) is 2.42. The van der Waals surface area contributed by atoms with E-state index in [-0.39, 0.29) is 0 Å². The highest BCUT2D eigenvalue weighted by molar-refractivity contribution is 7.09. The summed E-state index contributed by atoms with van der Waals surface area (Å²) in [4.78, 5) is 6.81. The second-order valence-electron chi connectivity index (χ2n) is 4.70. The normalized spacial score (nSPS) is 17.9. The lowest BCUT2D eigenvalue weighted by Crippen LogP contribution is -2.36. The van der Waals surface area contributed by atoms with Crippen molar-refractivity contribution in [1.82, 2.24) is 9.36 Å². The zero-order valence-electron chi connectivity index (χ0n) is 10.3. The lowest BCUT2D eigenvalue weighted by molar-refractivity contribution is 0.518. The highest BCUT2D eigenvalue weighted by Gasteiger charge is 2.21. The van der Waals surface area contributed by atoms with Gasteiger partial charge in [-0.2, -0.15) is 4.37 Å². The summed E-state index contributed by atoms with van der Waals surface area (Å²) < 4.78 is 4.13. The van der Waals surface area contributed by atoms with Gasteiger partial charge in [0, 0.05) is 24.1 Å². The molecule has 0 unspecified atom stereocenters. The molecule has 1 aliphatic carbocycles. The average Bonchev–Trinajstić information content (AvgIpc) is 2.73. The first-order valence-electron chi connectivity index (χ1n) is 6.65. The fraction of sp³-hybridized carbons (Fsp3) is 0.833. The van der Waals surface area contributed by atoms with E-state index in [9.17, 15) is 0 Å². The minimum atomic E-state index is 0.650. The van der Waals surface area contributed by atoms with Gasteiger partial charge in [0.15, 0.2) is 0 Å². The molecule has 1 heterocycles. The van der Waals surface area contributed by atoms with Crippen LogP contribution in [0.15, 0.2) is 6.33 Å². The van der Waals surface area contributed by atoms with E-state index in [4.69, 9.17) is 5.73 Å². The molecule has 0 aromatic carbocycles. The van der Waals surface area contributed by atoms with Gasteiger partial charge >= 0.3 is 0 Å². The molecule has 0 amide bonds. The van der Waals surface area contributed by atoms with Crippen LogP contribution in [0, 0.1) is 0 Å². The van der Waals surface area contributed by atoms with E-state index in [1.54, 1.807) is 6.33 Å². The van der Waals surface area contributed by atoms with Gasteiger partial charge in [-0.25, -0.2) is 4.98 Å². The summed E-state index contributed by atoms with van der Waals surface area (Å²) in [5, 5.41) is 1.07. The molecule has 1 aromatic heterocycles. The van der Waals surface area contributed by atoms with E-state index < -0.39 is 0 Å². The summed E-state index contributed by atoms with van der Waals surface area (Å²) in [7, 11) is 0. The molecule has 2 N–H and O–H groups in total. The minimum Gasteiger partial charge on any atom is -0.344 e. The molecule has 0 atom stereocenters. The van der Waals surface area contributed by atoms with Crippen molar-refractivity contribution < 1.29 is 0 Å². The third-order valence-electron chi connectivity index (χ3n) is 3.46. The fourth-order valence-corrected chi connectivity index (χ4v) is 3.19. The van der Waals surface area contributed by atoms with Crippen LogP contribution >= 0.6 is 11.5 Å². The molecule has 4 nitrogen and oxygen atoms in total. The summed E-state index contributed by atoms with van der Waals surface area (Å²) >= 11 is 1.51. The molecule has 2 rings (SSSR count). The number of rotatable bonds is 5. The number of nitrogens with zero attached hydrogens (tertiary/aromatic N) is 3. The molecule has 0 saturated heterocycles. The number of hydrogen-bond acceptors (Lipinski definition) is 5. The van der Waals surface area contributed by atoms with Crippen LogP contribution in [0.5, 0.6) is 0 Å². The van der Waals surface area contributed by atoms with Crippen molar-refractivity contribution in [3.63, 3.8) is 0 Å². The maximum Gasteiger partial charge on any atom is 0.205 e. The van der Waals surface area contributed by atoms with Crippen LogP contribution in [0.25, 0.3) is 0 Å². The summed E-state index contributed by atoms with van der Waals surface area (Å²) in [5.41, 5.74) is 5.63. The van der Waals surface area contributed by atoms with Crippen molar-refractivity contribution in [2.75, 3.05) is 18.0 Å². The van der Waals surface area contributed by atoms with Crippen LogP contribution in [0.3, 0.4) is 0 Å². The highest BCUT2D eigenvalue weighted by atomic mass is 32.1. The van der Waals surface area contributed by atoms with Crippen molar-refractivity contribution in [2.24, 2.45) is 5.73 Å². The van der Waals surface area contributed by atoms with Crippen LogP contribution in [0.2, 0.25) is 0 Å². The molecule has 5 heteroatoms. The summed E-state index contributed by atoms with van der Waals surface area (Å²) in [6.07, 6.45) is 10.8. The zero-order valence-corrected chi connectivity index (χ0v) is 11.2. The molecule has 0 aliphatic heterocycles. The summed E-state index contributed by atoms with van der Waals surface area (Å²) in [6.45, 7) is 1.78. The van der Waals surface area contributed by atoms with E-state index in [1.165, 1.54) is 50.1 Å². The summed E-state index contributed by atoms with van der Waals surface area (Å²) in [6, 6.07) is 0.650. The van der Waals surface area contributed by atoms with E-state index in [1.807, 2.05) is 0 Å². The fourth-order valence-electron chi connectivity index (χ4n) is 2.56. The maximum absolute atomic E-state index is 5.63. The predicted molar refractivity (Wildman–Crippen MR) is 72.4 cm³/mol. The molecule has 17 heavy (non-hydrogen) atoms. The third-order valence-corrected chi connectivity index (χ3v) is 4.17. The van der Waals surface area contributed by atoms with Gasteiger partial charge in [0.25, 0.3) is 0 Å². The molecule has 1 fully saturated rings. The van der Waals surface area contributed by atoms with Crippen molar-refractivity contribution in [2.45, 2.75) is 51.0 Å². The first-order chi connectivity index (χ1) is 8.42. The van der Waals surface area contributed by atoms with Crippen molar-refractivity contribution in [1.29, 1.82) is 0 Å². The Morgan fingerprint density at radius 2 is 2.06 bits per heavy atom. The Morgan fingerprint density at radius 3 is 2.65 bits per heavy atom. The highest BCUT2D eigenvalue weighted by Crippen LogP contribution is 2.27. The maximum atomic E-state index is 5.63. The Labute approximate surface area is 107 Å². The smallest absolute Gasteiger partial charge is 0.205 e. The van der Waals surface area contributed by atoms with Gasteiger partial charge in [0.05, 0.1) is 0 Å². The minimum absolute atomic E-state index is 0.650. The third kappa shape index (κ3) is 3.64. The second-order valence-corrected chi connectivity index (χ2v) is 5.46. The summed E-state index contributed by atoms with van der Waals surface area (Å²) in [5.74, 6) is 0. The standard InChI is InChI=1S/C12H22N4S/c13-8-5-9-16(12-14-10-15-17-12)11-6-3-1-2-4-7-11/h10-11H,1-9,13H2.